The van der Waals surface area contributed by atoms with Crippen LogP contribution in [-0.2, 0) is 9.53 Å². The molecule has 0 aliphatic carbocycles. The van der Waals surface area contributed by atoms with Crippen LogP contribution in [0.15, 0.2) is 42.4 Å². The summed E-state index contributed by atoms with van der Waals surface area (Å²) in [4.78, 5) is 28.8. The summed E-state index contributed by atoms with van der Waals surface area (Å²) in [6.45, 7) is 2.36. The zero-order chi connectivity index (χ0) is 18.1. The van der Waals surface area contributed by atoms with E-state index in [1.165, 1.54) is 0 Å². The Morgan fingerprint density at radius 2 is 2.27 bits per heavy atom. The number of fused-ring (bicyclic) bond motifs is 1. The molecule has 1 saturated heterocycles. The first-order valence-corrected chi connectivity index (χ1v) is 8.44. The molecule has 6 nitrogen and oxygen atoms in total. The maximum atomic E-state index is 12.6. The van der Waals surface area contributed by atoms with Crippen LogP contribution in [0.3, 0.4) is 0 Å². The Balaban J connectivity index is 1.59. The van der Waals surface area contributed by atoms with Gasteiger partial charge in [0.1, 0.15) is 11.5 Å². The van der Waals surface area contributed by atoms with Gasteiger partial charge in [-0.25, -0.2) is 4.79 Å². The van der Waals surface area contributed by atoms with Crippen molar-refractivity contribution in [2.24, 2.45) is 0 Å². The number of carbonyl (C=O) groups is 2. The molecule has 1 aromatic heterocycles. The third-order valence-corrected chi connectivity index (χ3v) is 4.34. The van der Waals surface area contributed by atoms with E-state index in [0.717, 1.165) is 12.0 Å². The molecule has 0 N–H and O–H groups in total. The van der Waals surface area contributed by atoms with E-state index in [9.17, 15) is 9.59 Å². The van der Waals surface area contributed by atoms with Crippen molar-refractivity contribution in [1.82, 2.24) is 4.98 Å². The highest BCUT2D eigenvalue weighted by Crippen LogP contribution is 2.37. The largest absolute Gasteiger partial charge is 0.452 e. The standard InChI is InChI=1S/C20H17NO5/c1-12-8-14(25-20(23)15-5-3-7-24-15)10-16-18(12)19(22)17(26-16)9-13-4-2-6-21-11-13/h2,4,6,8-11,15H,3,5,7H2,1H3/b17-9-. The number of nitrogens with zero attached hydrogens (tertiary/aromatic N) is 1. The molecule has 2 aromatic rings. The average Bonchev–Trinajstić information content (AvgIpc) is 3.25. The van der Waals surface area contributed by atoms with E-state index in [0.29, 0.717) is 35.7 Å². The second-order valence-corrected chi connectivity index (χ2v) is 6.26. The summed E-state index contributed by atoms with van der Waals surface area (Å²) in [5.41, 5.74) is 1.95. The van der Waals surface area contributed by atoms with Crippen molar-refractivity contribution in [3.05, 3.63) is 59.1 Å². The van der Waals surface area contributed by atoms with Crippen molar-refractivity contribution in [3.63, 3.8) is 0 Å². The number of Topliss-reactive ketones (excluding diaryl/α,β-unsaturated/α-hetero) is 1. The van der Waals surface area contributed by atoms with Crippen LogP contribution in [0, 0.1) is 6.92 Å². The molecule has 26 heavy (non-hydrogen) atoms. The molecule has 4 rings (SSSR count). The molecule has 1 unspecified atom stereocenters. The summed E-state index contributed by atoms with van der Waals surface area (Å²) in [7, 11) is 0. The van der Waals surface area contributed by atoms with Crippen LogP contribution >= 0.6 is 0 Å². The van der Waals surface area contributed by atoms with Crippen molar-refractivity contribution in [2.45, 2.75) is 25.9 Å². The smallest absolute Gasteiger partial charge is 0.340 e. The minimum atomic E-state index is -0.521. The molecule has 0 radical (unpaired) electrons. The summed E-state index contributed by atoms with van der Waals surface area (Å²) in [6.07, 6.45) is 5.94. The molecule has 2 aliphatic heterocycles. The van der Waals surface area contributed by atoms with Gasteiger partial charge in [0.15, 0.2) is 11.9 Å². The summed E-state index contributed by atoms with van der Waals surface area (Å²) in [5, 5.41) is 0. The van der Waals surface area contributed by atoms with E-state index in [1.54, 1.807) is 43.6 Å². The van der Waals surface area contributed by atoms with Crippen molar-refractivity contribution >= 4 is 17.8 Å². The number of esters is 1. The summed E-state index contributed by atoms with van der Waals surface area (Å²) >= 11 is 0. The molecule has 3 heterocycles. The Hall–Kier alpha value is -2.99. The number of rotatable bonds is 3. The lowest BCUT2D eigenvalue weighted by molar-refractivity contribution is -0.144. The normalized spacial score (nSPS) is 20.1. The van der Waals surface area contributed by atoms with Crippen LogP contribution in [0.4, 0.5) is 0 Å². The van der Waals surface area contributed by atoms with Crippen LogP contribution in [0.25, 0.3) is 6.08 Å². The Morgan fingerprint density at radius 1 is 1.38 bits per heavy atom. The van der Waals surface area contributed by atoms with Gasteiger partial charge >= 0.3 is 5.97 Å². The predicted molar refractivity (Wildman–Crippen MR) is 93.0 cm³/mol. The van der Waals surface area contributed by atoms with Gasteiger partial charge in [0.25, 0.3) is 0 Å². The lowest BCUT2D eigenvalue weighted by Gasteiger charge is -2.11. The quantitative estimate of drug-likeness (QED) is 0.481. The van der Waals surface area contributed by atoms with Crippen LogP contribution in [0.5, 0.6) is 11.5 Å². The zero-order valence-corrected chi connectivity index (χ0v) is 14.2. The van der Waals surface area contributed by atoms with Gasteiger partial charge in [0.2, 0.25) is 5.78 Å². The minimum absolute atomic E-state index is 0.196. The maximum Gasteiger partial charge on any atom is 0.340 e. The Labute approximate surface area is 150 Å². The monoisotopic (exact) mass is 351 g/mol. The fourth-order valence-electron chi connectivity index (χ4n) is 3.09. The van der Waals surface area contributed by atoms with Gasteiger partial charge in [-0.15, -0.1) is 0 Å². The predicted octanol–water partition coefficient (Wildman–Crippen LogP) is 3.09. The number of ether oxygens (including phenoxy) is 3. The Kier molecular flexibility index (Phi) is 4.26. The van der Waals surface area contributed by atoms with Gasteiger partial charge in [0, 0.05) is 25.1 Å². The Bertz CT molecular complexity index is 898. The summed E-state index contributed by atoms with van der Waals surface area (Å²) in [6, 6.07) is 6.85. The number of benzene rings is 1. The number of aryl methyl sites for hydroxylation is 1. The molecule has 132 valence electrons. The van der Waals surface area contributed by atoms with Gasteiger partial charge in [-0.05, 0) is 49.1 Å². The van der Waals surface area contributed by atoms with Crippen molar-refractivity contribution in [2.75, 3.05) is 6.61 Å². The van der Waals surface area contributed by atoms with Crippen molar-refractivity contribution in [1.29, 1.82) is 0 Å². The van der Waals surface area contributed by atoms with Gasteiger partial charge < -0.3 is 14.2 Å². The van der Waals surface area contributed by atoms with Gasteiger partial charge in [-0.2, -0.15) is 0 Å². The molecule has 0 spiro atoms. The molecular formula is C20H17NO5. The van der Waals surface area contributed by atoms with Crippen LogP contribution in [0.2, 0.25) is 0 Å². The van der Waals surface area contributed by atoms with E-state index in [4.69, 9.17) is 14.2 Å². The third kappa shape index (κ3) is 3.11. The summed E-state index contributed by atoms with van der Waals surface area (Å²) in [5.74, 6) is 0.340. The molecular weight excluding hydrogens is 334 g/mol. The lowest BCUT2D eigenvalue weighted by atomic mass is 10.0. The topological polar surface area (TPSA) is 74.7 Å². The number of carbonyl (C=O) groups excluding carboxylic acids is 2. The van der Waals surface area contributed by atoms with Gasteiger partial charge in [-0.1, -0.05) is 6.07 Å². The van der Waals surface area contributed by atoms with E-state index in [2.05, 4.69) is 4.98 Å². The number of ketones is 1. The van der Waals surface area contributed by atoms with Crippen LogP contribution < -0.4 is 9.47 Å². The first-order valence-electron chi connectivity index (χ1n) is 8.44. The fourth-order valence-corrected chi connectivity index (χ4v) is 3.09. The molecule has 2 aliphatic rings. The molecule has 0 saturated carbocycles. The van der Waals surface area contributed by atoms with Crippen LogP contribution in [0.1, 0.15) is 34.3 Å². The molecule has 6 heteroatoms. The summed E-state index contributed by atoms with van der Waals surface area (Å²) < 4.78 is 16.5. The number of aromatic nitrogens is 1. The first kappa shape index (κ1) is 16.5. The number of pyridine rings is 1. The SMILES string of the molecule is Cc1cc(OC(=O)C2CCCO2)cc2c1C(=O)/C(=C/c1cccnc1)O2. The highest BCUT2D eigenvalue weighted by molar-refractivity contribution is 6.15. The Morgan fingerprint density at radius 3 is 3.00 bits per heavy atom. The van der Waals surface area contributed by atoms with E-state index in [-0.39, 0.29) is 11.5 Å². The maximum absolute atomic E-state index is 12.6. The average molecular weight is 351 g/mol. The highest BCUT2D eigenvalue weighted by atomic mass is 16.6. The molecule has 0 amide bonds. The highest BCUT2D eigenvalue weighted by Gasteiger charge is 2.31. The van der Waals surface area contributed by atoms with Crippen LogP contribution in [-0.4, -0.2) is 29.4 Å². The number of hydrogen-bond donors (Lipinski definition) is 0. The third-order valence-electron chi connectivity index (χ3n) is 4.34. The lowest BCUT2D eigenvalue weighted by Crippen LogP contribution is -2.24. The molecule has 1 atom stereocenters. The minimum Gasteiger partial charge on any atom is -0.452 e. The van der Waals surface area contributed by atoms with E-state index >= 15 is 0 Å². The fraction of sp³-hybridized carbons (Fsp3) is 0.250. The van der Waals surface area contributed by atoms with E-state index < -0.39 is 12.1 Å². The number of allylic oxidation sites excluding steroid dienone is 1. The van der Waals surface area contributed by atoms with Gasteiger partial charge in [-0.3, -0.25) is 9.78 Å². The molecule has 0 bridgehead atoms. The van der Waals surface area contributed by atoms with Crippen molar-refractivity contribution < 1.29 is 23.8 Å². The zero-order valence-electron chi connectivity index (χ0n) is 14.2. The molecule has 1 fully saturated rings. The number of hydrogen-bond acceptors (Lipinski definition) is 6. The second kappa shape index (κ2) is 6.72. The first-order chi connectivity index (χ1) is 12.6. The van der Waals surface area contributed by atoms with Crippen molar-refractivity contribution in [3.8, 4) is 11.5 Å². The van der Waals surface area contributed by atoms with E-state index in [1.807, 2.05) is 6.07 Å². The second-order valence-electron chi connectivity index (χ2n) is 6.26. The van der Waals surface area contributed by atoms with Gasteiger partial charge in [0.05, 0.1) is 5.56 Å². The molecule has 1 aromatic carbocycles.